The molecule has 1 aromatic rings. The Morgan fingerprint density at radius 1 is 1.08 bits per heavy atom. The molecule has 0 amide bonds. The third-order valence-corrected chi connectivity index (χ3v) is 5.50. The number of rotatable bonds is 6. The average molecular weight is 379 g/mol. The Balaban J connectivity index is 0.00000288. The zero-order valence-corrected chi connectivity index (χ0v) is 16.2. The maximum Gasteiger partial charge on any atom is 0.243 e. The van der Waals surface area contributed by atoms with Gasteiger partial charge in [0, 0.05) is 31.2 Å². The van der Waals surface area contributed by atoms with Gasteiger partial charge in [0.2, 0.25) is 10.0 Å². The van der Waals surface area contributed by atoms with Crippen LogP contribution in [0.5, 0.6) is 11.5 Å². The van der Waals surface area contributed by atoms with Gasteiger partial charge < -0.3 is 14.8 Å². The van der Waals surface area contributed by atoms with Crippen molar-refractivity contribution in [2.45, 2.75) is 44.7 Å². The molecule has 1 aliphatic rings. The second kappa shape index (κ2) is 8.89. The molecule has 8 heteroatoms. The van der Waals surface area contributed by atoms with E-state index >= 15 is 0 Å². The Hall–Kier alpha value is -1.02. The second-order valence-electron chi connectivity index (χ2n) is 5.77. The lowest BCUT2D eigenvalue weighted by atomic mass is 10.2. The summed E-state index contributed by atoms with van der Waals surface area (Å²) >= 11 is 0. The molecule has 0 aliphatic carbocycles. The largest absolute Gasteiger partial charge is 0.490 e. The number of sulfonamides is 1. The minimum absolute atomic E-state index is 0. The summed E-state index contributed by atoms with van der Waals surface area (Å²) < 4.78 is 38.4. The van der Waals surface area contributed by atoms with Crippen LogP contribution in [0.1, 0.15) is 27.7 Å². The maximum atomic E-state index is 12.9. The maximum absolute atomic E-state index is 12.9. The zero-order chi connectivity index (χ0) is 17.0. The Bertz CT molecular complexity index is 629. The number of nitrogens with zero attached hydrogens (tertiary/aromatic N) is 1. The molecular formula is C16H27ClN2O4S. The van der Waals surface area contributed by atoms with Gasteiger partial charge in [0.1, 0.15) is 0 Å². The molecule has 24 heavy (non-hydrogen) atoms. The molecule has 1 aliphatic heterocycles. The van der Waals surface area contributed by atoms with E-state index in [9.17, 15) is 8.42 Å². The van der Waals surface area contributed by atoms with E-state index in [4.69, 9.17) is 9.47 Å². The summed E-state index contributed by atoms with van der Waals surface area (Å²) in [6.07, 6.45) is 0. The fourth-order valence-corrected chi connectivity index (χ4v) is 4.45. The Morgan fingerprint density at radius 2 is 1.62 bits per heavy atom. The van der Waals surface area contributed by atoms with Crippen molar-refractivity contribution in [1.29, 1.82) is 0 Å². The summed E-state index contributed by atoms with van der Waals surface area (Å²) in [5.74, 6) is 1.03. The topological polar surface area (TPSA) is 67.9 Å². The van der Waals surface area contributed by atoms with Crippen LogP contribution in [-0.4, -0.2) is 51.1 Å². The molecule has 0 saturated carbocycles. The van der Waals surface area contributed by atoms with Crippen LogP contribution in [-0.2, 0) is 10.0 Å². The first kappa shape index (κ1) is 21.0. The average Bonchev–Trinajstić information content (AvgIpc) is 2.48. The predicted octanol–water partition coefficient (Wildman–Crippen LogP) is 2.28. The van der Waals surface area contributed by atoms with Gasteiger partial charge in [-0.1, -0.05) is 0 Å². The summed E-state index contributed by atoms with van der Waals surface area (Å²) in [6.45, 7) is 9.59. The van der Waals surface area contributed by atoms with Crippen LogP contribution in [0.4, 0.5) is 0 Å². The first-order valence-corrected chi connectivity index (χ1v) is 9.48. The Labute approximate surface area is 151 Å². The highest BCUT2D eigenvalue weighted by molar-refractivity contribution is 7.89. The van der Waals surface area contributed by atoms with Crippen LogP contribution in [0.3, 0.4) is 0 Å². The fraction of sp³-hybridized carbons (Fsp3) is 0.625. The summed E-state index contributed by atoms with van der Waals surface area (Å²) in [5, 5.41) is 3.34. The number of nitrogens with one attached hydrogen (secondary N) is 1. The summed E-state index contributed by atoms with van der Waals surface area (Å²) in [5.41, 5.74) is 0. The molecule has 0 bridgehead atoms. The standard InChI is InChI=1S/C16H26N2O4S.ClH/c1-5-21-15-8-7-14(9-16(15)22-6-2)23(19,20)18-10-12(3)17-13(4)11-18;/h7-9,12-13,17H,5-6,10-11H2,1-4H3;1H. The molecule has 2 rings (SSSR count). The zero-order valence-electron chi connectivity index (χ0n) is 14.6. The summed E-state index contributed by atoms with van der Waals surface area (Å²) in [4.78, 5) is 0.241. The van der Waals surface area contributed by atoms with Gasteiger partial charge in [0.15, 0.2) is 11.5 Å². The third-order valence-electron chi connectivity index (χ3n) is 3.68. The number of piperazine rings is 1. The summed E-state index contributed by atoms with van der Waals surface area (Å²) in [6, 6.07) is 5.06. The SMILES string of the molecule is CCOc1ccc(S(=O)(=O)N2CC(C)NC(C)C2)cc1OCC.Cl. The van der Waals surface area contributed by atoms with Crippen molar-refractivity contribution in [3.05, 3.63) is 18.2 Å². The normalized spacial score (nSPS) is 21.8. The van der Waals surface area contributed by atoms with Crippen LogP contribution in [0.2, 0.25) is 0 Å². The highest BCUT2D eigenvalue weighted by Gasteiger charge is 2.31. The van der Waals surface area contributed by atoms with E-state index in [-0.39, 0.29) is 29.4 Å². The molecule has 0 aromatic heterocycles. The lowest BCUT2D eigenvalue weighted by molar-refractivity contribution is 0.262. The predicted molar refractivity (Wildman–Crippen MR) is 96.8 cm³/mol. The molecule has 6 nitrogen and oxygen atoms in total. The van der Waals surface area contributed by atoms with Gasteiger partial charge >= 0.3 is 0 Å². The summed E-state index contributed by atoms with van der Waals surface area (Å²) in [7, 11) is -3.54. The molecule has 1 fully saturated rings. The van der Waals surface area contributed by atoms with Crippen molar-refractivity contribution < 1.29 is 17.9 Å². The molecule has 1 N–H and O–H groups in total. The minimum atomic E-state index is -3.54. The minimum Gasteiger partial charge on any atom is -0.490 e. The molecule has 1 heterocycles. The van der Waals surface area contributed by atoms with E-state index in [1.807, 2.05) is 27.7 Å². The van der Waals surface area contributed by atoms with Crippen molar-refractivity contribution >= 4 is 22.4 Å². The highest BCUT2D eigenvalue weighted by atomic mass is 35.5. The smallest absolute Gasteiger partial charge is 0.243 e. The van der Waals surface area contributed by atoms with Crippen LogP contribution in [0.15, 0.2) is 23.1 Å². The molecular weight excluding hydrogens is 352 g/mol. The van der Waals surface area contributed by atoms with E-state index in [1.165, 1.54) is 4.31 Å². The van der Waals surface area contributed by atoms with Gasteiger partial charge in [-0.2, -0.15) is 4.31 Å². The third kappa shape index (κ3) is 4.75. The number of hydrogen-bond donors (Lipinski definition) is 1. The van der Waals surface area contributed by atoms with Crippen LogP contribution >= 0.6 is 12.4 Å². The molecule has 2 unspecified atom stereocenters. The van der Waals surface area contributed by atoms with Crippen LogP contribution in [0, 0.1) is 0 Å². The van der Waals surface area contributed by atoms with Gasteiger partial charge in [0.05, 0.1) is 18.1 Å². The van der Waals surface area contributed by atoms with Gasteiger partial charge in [-0.15, -0.1) is 12.4 Å². The second-order valence-corrected chi connectivity index (χ2v) is 7.70. The van der Waals surface area contributed by atoms with Crippen molar-refractivity contribution in [1.82, 2.24) is 9.62 Å². The first-order valence-electron chi connectivity index (χ1n) is 8.04. The first-order chi connectivity index (χ1) is 10.9. The van der Waals surface area contributed by atoms with Crippen molar-refractivity contribution in [2.75, 3.05) is 26.3 Å². The van der Waals surface area contributed by atoms with E-state index in [0.29, 0.717) is 37.8 Å². The lowest BCUT2D eigenvalue weighted by Gasteiger charge is -2.35. The number of hydrogen-bond acceptors (Lipinski definition) is 5. The van der Waals surface area contributed by atoms with Gasteiger partial charge in [-0.3, -0.25) is 0 Å². The number of benzene rings is 1. The number of ether oxygens (including phenoxy) is 2. The van der Waals surface area contributed by atoms with Gasteiger partial charge in [-0.05, 0) is 39.8 Å². The molecule has 0 radical (unpaired) electrons. The highest BCUT2D eigenvalue weighted by Crippen LogP contribution is 2.31. The number of halogens is 1. The van der Waals surface area contributed by atoms with Gasteiger partial charge in [0.25, 0.3) is 0 Å². The van der Waals surface area contributed by atoms with E-state index in [0.717, 1.165) is 0 Å². The Kier molecular flexibility index (Phi) is 7.79. The van der Waals surface area contributed by atoms with Crippen molar-refractivity contribution in [3.63, 3.8) is 0 Å². The van der Waals surface area contributed by atoms with Gasteiger partial charge in [-0.25, -0.2) is 8.42 Å². The molecule has 1 saturated heterocycles. The van der Waals surface area contributed by atoms with Crippen molar-refractivity contribution in [3.8, 4) is 11.5 Å². The van der Waals surface area contributed by atoms with E-state index in [1.54, 1.807) is 18.2 Å². The van der Waals surface area contributed by atoms with Crippen LogP contribution in [0.25, 0.3) is 0 Å². The fourth-order valence-electron chi connectivity index (χ4n) is 2.81. The quantitative estimate of drug-likeness (QED) is 0.822. The molecule has 0 spiro atoms. The van der Waals surface area contributed by atoms with Crippen molar-refractivity contribution in [2.24, 2.45) is 0 Å². The van der Waals surface area contributed by atoms with Crippen LogP contribution < -0.4 is 14.8 Å². The van der Waals surface area contributed by atoms with E-state index < -0.39 is 10.0 Å². The monoisotopic (exact) mass is 378 g/mol. The van der Waals surface area contributed by atoms with E-state index in [2.05, 4.69) is 5.32 Å². The molecule has 2 atom stereocenters. The molecule has 1 aromatic carbocycles. The lowest BCUT2D eigenvalue weighted by Crippen LogP contribution is -2.55. The Morgan fingerprint density at radius 3 is 2.17 bits per heavy atom. The molecule has 138 valence electrons.